The van der Waals surface area contributed by atoms with E-state index in [0.717, 1.165) is 24.1 Å². The highest BCUT2D eigenvalue weighted by Crippen LogP contribution is 2.33. The molecule has 0 spiro atoms. The number of halogens is 1. The van der Waals surface area contributed by atoms with Crippen LogP contribution in [0.5, 0.6) is 5.75 Å². The SMILES string of the molecule is O=C(CC1CC2CCC(C1)N2)Nc1cccc(OCc2ccc(F)cc2)c1. The molecule has 2 aromatic rings. The van der Waals surface area contributed by atoms with Crippen LogP contribution in [-0.4, -0.2) is 18.0 Å². The fourth-order valence-corrected chi connectivity index (χ4v) is 4.23. The van der Waals surface area contributed by atoms with E-state index in [1.165, 1.54) is 25.0 Å². The molecule has 2 aromatic carbocycles. The molecule has 2 bridgehead atoms. The summed E-state index contributed by atoms with van der Waals surface area (Å²) in [5, 5.41) is 6.61. The van der Waals surface area contributed by atoms with Crippen molar-refractivity contribution in [2.24, 2.45) is 5.92 Å². The first-order valence-corrected chi connectivity index (χ1v) is 9.67. The Hall–Kier alpha value is -2.40. The number of nitrogens with one attached hydrogen (secondary N) is 2. The molecule has 142 valence electrons. The van der Waals surface area contributed by atoms with Crippen LogP contribution in [0.4, 0.5) is 10.1 Å². The maximum absolute atomic E-state index is 13.0. The van der Waals surface area contributed by atoms with E-state index in [0.29, 0.717) is 36.8 Å². The van der Waals surface area contributed by atoms with E-state index in [9.17, 15) is 9.18 Å². The Morgan fingerprint density at radius 3 is 2.59 bits per heavy atom. The van der Waals surface area contributed by atoms with Crippen molar-refractivity contribution < 1.29 is 13.9 Å². The van der Waals surface area contributed by atoms with E-state index in [-0.39, 0.29) is 11.7 Å². The molecule has 5 heteroatoms. The number of carbonyl (C=O) groups excluding carboxylic acids is 1. The molecule has 2 saturated heterocycles. The van der Waals surface area contributed by atoms with Crippen molar-refractivity contribution in [3.63, 3.8) is 0 Å². The lowest BCUT2D eigenvalue weighted by Crippen LogP contribution is -2.39. The summed E-state index contributed by atoms with van der Waals surface area (Å²) in [6, 6.07) is 14.9. The molecular formula is C22H25FN2O2. The third kappa shape index (κ3) is 4.86. The average Bonchev–Trinajstić information content (AvgIpc) is 3.00. The third-order valence-electron chi connectivity index (χ3n) is 5.48. The van der Waals surface area contributed by atoms with Crippen molar-refractivity contribution in [3.8, 4) is 5.75 Å². The van der Waals surface area contributed by atoms with Crippen molar-refractivity contribution >= 4 is 11.6 Å². The molecule has 2 unspecified atom stereocenters. The molecule has 0 aliphatic carbocycles. The Balaban J connectivity index is 1.29. The third-order valence-corrected chi connectivity index (χ3v) is 5.48. The van der Waals surface area contributed by atoms with Crippen molar-refractivity contribution in [1.82, 2.24) is 5.32 Å². The summed E-state index contributed by atoms with van der Waals surface area (Å²) in [6.07, 6.45) is 5.28. The van der Waals surface area contributed by atoms with E-state index in [2.05, 4.69) is 10.6 Å². The zero-order valence-corrected chi connectivity index (χ0v) is 15.3. The highest BCUT2D eigenvalue weighted by Gasteiger charge is 2.34. The van der Waals surface area contributed by atoms with E-state index in [1.54, 1.807) is 12.1 Å². The lowest BCUT2D eigenvalue weighted by Gasteiger charge is -2.28. The summed E-state index contributed by atoms with van der Waals surface area (Å²) in [5.74, 6) is 0.959. The van der Waals surface area contributed by atoms with Gasteiger partial charge >= 0.3 is 0 Å². The van der Waals surface area contributed by atoms with Gasteiger partial charge in [0.2, 0.25) is 5.91 Å². The molecule has 27 heavy (non-hydrogen) atoms. The van der Waals surface area contributed by atoms with E-state index in [1.807, 2.05) is 24.3 Å². The van der Waals surface area contributed by atoms with Gasteiger partial charge in [0, 0.05) is 30.3 Å². The van der Waals surface area contributed by atoms with Crippen LogP contribution < -0.4 is 15.4 Å². The van der Waals surface area contributed by atoms with Crippen molar-refractivity contribution in [3.05, 3.63) is 59.9 Å². The second-order valence-electron chi connectivity index (χ2n) is 7.67. The van der Waals surface area contributed by atoms with Gasteiger partial charge in [-0.3, -0.25) is 4.79 Å². The summed E-state index contributed by atoms with van der Waals surface area (Å²) >= 11 is 0. The number of carbonyl (C=O) groups is 1. The minimum absolute atomic E-state index is 0.0667. The zero-order valence-electron chi connectivity index (χ0n) is 15.3. The number of hydrogen-bond acceptors (Lipinski definition) is 3. The second-order valence-corrected chi connectivity index (χ2v) is 7.67. The number of fused-ring (bicyclic) bond motifs is 2. The maximum atomic E-state index is 13.0. The van der Waals surface area contributed by atoms with Crippen molar-refractivity contribution in [1.29, 1.82) is 0 Å². The Bertz CT molecular complexity index is 781. The quantitative estimate of drug-likeness (QED) is 0.801. The summed E-state index contributed by atoms with van der Waals surface area (Å²) in [7, 11) is 0. The van der Waals surface area contributed by atoms with Gasteiger partial charge in [-0.15, -0.1) is 0 Å². The van der Waals surface area contributed by atoms with Gasteiger partial charge in [-0.1, -0.05) is 18.2 Å². The fraction of sp³-hybridized carbons (Fsp3) is 0.409. The molecule has 0 saturated carbocycles. The molecule has 0 aromatic heterocycles. The normalized spacial score (nSPS) is 23.8. The first-order chi connectivity index (χ1) is 13.1. The predicted octanol–water partition coefficient (Wildman–Crippen LogP) is 4.26. The molecular weight excluding hydrogens is 343 g/mol. The van der Waals surface area contributed by atoms with Crippen LogP contribution in [0.25, 0.3) is 0 Å². The summed E-state index contributed by atoms with van der Waals surface area (Å²) in [4.78, 5) is 12.4. The van der Waals surface area contributed by atoms with Crippen LogP contribution in [0.3, 0.4) is 0 Å². The molecule has 2 N–H and O–H groups in total. The van der Waals surface area contributed by atoms with Crippen LogP contribution >= 0.6 is 0 Å². The van der Waals surface area contributed by atoms with Gasteiger partial charge in [0.05, 0.1) is 0 Å². The number of anilines is 1. The number of benzene rings is 2. The lowest BCUT2D eigenvalue weighted by atomic mass is 9.89. The molecule has 2 heterocycles. The van der Waals surface area contributed by atoms with Gasteiger partial charge in [-0.2, -0.15) is 0 Å². The van der Waals surface area contributed by atoms with Crippen LogP contribution in [0.15, 0.2) is 48.5 Å². The molecule has 2 atom stereocenters. The minimum Gasteiger partial charge on any atom is -0.489 e. The predicted molar refractivity (Wildman–Crippen MR) is 103 cm³/mol. The molecule has 1 amide bonds. The molecule has 2 fully saturated rings. The molecule has 2 aliphatic heterocycles. The number of amides is 1. The first-order valence-electron chi connectivity index (χ1n) is 9.67. The summed E-state index contributed by atoms with van der Waals surface area (Å²) in [5.41, 5.74) is 1.64. The largest absolute Gasteiger partial charge is 0.489 e. The number of piperidine rings is 1. The smallest absolute Gasteiger partial charge is 0.224 e. The number of ether oxygens (including phenoxy) is 1. The van der Waals surface area contributed by atoms with Gasteiger partial charge in [-0.25, -0.2) is 4.39 Å². The van der Waals surface area contributed by atoms with E-state index < -0.39 is 0 Å². The second kappa shape index (κ2) is 8.09. The Labute approximate surface area is 159 Å². The monoisotopic (exact) mass is 368 g/mol. The van der Waals surface area contributed by atoms with Gasteiger partial charge in [0.25, 0.3) is 0 Å². The van der Waals surface area contributed by atoms with Crippen LogP contribution in [0, 0.1) is 11.7 Å². The number of hydrogen-bond donors (Lipinski definition) is 2. The number of rotatable bonds is 6. The van der Waals surface area contributed by atoms with Gasteiger partial charge < -0.3 is 15.4 Å². The Morgan fingerprint density at radius 2 is 1.85 bits per heavy atom. The van der Waals surface area contributed by atoms with Crippen molar-refractivity contribution in [2.75, 3.05) is 5.32 Å². The van der Waals surface area contributed by atoms with Crippen molar-refractivity contribution in [2.45, 2.75) is 50.8 Å². The highest BCUT2D eigenvalue weighted by atomic mass is 19.1. The fourth-order valence-electron chi connectivity index (χ4n) is 4.23. The standard InChI is InChI=1S/C22H25FN2O2/c23-17-6-4-15(5-7-17)14-27-21-3-1-2-18(13-21)25-22(26)12-16-10-19-8-9-20(11-16)24-19/h1-7,13,16,19-20,24H,8-12,14H2,(H,25,26). The first kappa shape index (κ1) is 18.0. The Kier molecular flexibility index (Phi) is 5.39. The molecule has 4 nitrogen and oxygen atoms in total. The molecule has 4 rings (SSSR count). The zero-order chi connectivity index (χ0) is 18.6. The van der Waals surface area contributed by atoms with Gasteiger partial charge in [-0.05, 0) is 61.4 Å². The summed E-state index contributed by atoms with van der Waals surface area (Å²) in [6.45, 7) is 0.357. The Morgan fingerprint density at radius 1 is 1.11 bits per heavy atom. The van der Waals surface area contributed by atoms with Gasteiger partial charge in [0.1, 0.15) is 18.2 Å². The summed E-state index contributed by atoms with van der Waals surface area (Å²) < 4.78 is 18.7. The molecule has 0 radical (unpaired) electrons. The highest BCUT2D eigenvalue weighted by molar-refractivity contribution is 5.91. The van der Waals surface area contributed by atoms with E-state index in [4.69, 9.17) is 4.74 Å². The van der Waals surface area contributed by atoms with E-state index >= 15 is 0 Å². The van der Waals surface area contributed by atoms with Crippen LogP contribution in [-0.2, 0) is 11.4 Å². The van der Waals surface area contributed by atoms with Crippen LogP contribution in [0.1, 0.15) is 37.7 Å². The maximum Gasteiger partial charge on any atom is 0.224 e. The van der Waals surface area contributed by atoms with Crippen LogP contribution in [0.2, 0.25) is 0 Å². The topological polar surface area (TPSA) is 50.4 Å². The van der Waals surface area contributed by atoms with Gasteiger partial charge in [0.15, 0.2) is 0 Å². The lowest BCUT2D eigenvalue weighted by molar-refractivity contribution is -0.117. The average molecular weight is 368 g/mol. The minimum atomic E-state index is -0.259. The molecule has 2 aliphatic rings.